The van der Waals surface area contributed by atoms with Crippen molar-refractivity contribution in [2.75, 3.05) is 14.2 Å². The summed E-state index contributed by atoms with van der Waals surface area (Å²) in [6.45, 7) is 4.11. The zero-order valence-corrected chi connectivity index (χ0v) is 11.6. The molecule has 0 aliphatic carbocycles. The molecule has 0 aliphatic rings. The fourth-order valence-corrected chi connectivity index (χ4v) is 2.47. The lowest BCUT2D eigenvalue weighted by Gasteiger charge is -2.18. The molecule has 90 valence electrons. The number of aliphatic hydroxyl groups is 1. The van der Waals surface area contributed by atoms with E-state index in [2.05, 4.69) is 29.8 Å². The molecule has 3 nitrogen and oxygen atoms in total. The largest absolute Gasteiger partial charge is 0.495 e. The number of methoxy groups -OCH3 is 2. The number of halogens is 1. The number of hydrogen-bond acceptors (Lipinski definition) is 3. The topological polar surface area (TPSA) is 38.7 Å². The van der Waals surface area contributed by atoms with Gasteiger partial charge >= 0.3 is 0 Å². The average Bonchev–Trinajstić information content (AvgIpc) is 2.27. The van der Waals surface area contributed by atoms with Gasteiger partial charge in [0.2, 0.25) is 0 Å². The van der Waals surface area contributed by atoms with Crippen LogP contribution in [0.4, 0.5) is 0 Å². The molecule has 0 saturated heterocycles. The summed E-state index contributed by atoms with van der Waals surface area (Å²) in [4.78, 5) is 0. The van der Waals surface area contributed by atoms with Crippen molar-refractivity contribution < 1.29 is 14.6 Å². The lowest BCUT2D eigenvalue weighted by atomic mass is 9.99. The molecule has 0 atom stereocenters. The first-order valence-corrected chi connectivity index (χ1v) is 5.90. The Labute approximate surface area is 105 Å². The molecular formula is C12H17BrO3. The fraction of sp³-hybridized carbons (Fsp3) is 0.500. The highest BCUT2D eigenvalue weighted by molar-refractivity contribution is 9.10. The minimum absolute atomic E-state index is 0.0501. The summed E-state index contributed by atoms with van der Waals surface area (Å²) >= 11 is 3.45. The van der Waals surface area contributed by atoms with Gasteiger partial charge in [-0.25, -0.2) is 0 Å². The van der Waals surface area contributed by atoms with Crippen molar-refractivity contribution >= 4 is 15.9 Å². The monoisotopic (exact) mass is 288 g/mol. The highest BCUT2D eigenvalue weighted by Crippen LogP contribution is 2.42. The molecule has 0 radical (unpaired) electrons. The molecule has 0 amide bonds. The Kier molecular flexibility index (Phi) is 4.62. The van der Waals surface area contributed by atoms with E-state index >= 15 is 0 Å². The Bertz CT molecular complexity index is 375. The molecule has 0 bridgehead atoms. The second kappa shape index (κ2) is 5.55. The molecule has 1 rings (SSSR count). The molecule has 0 aromatic heterocycles. The van der Waals surface area contributed by atoms with E-state index in [-0.39, 0.29) is 6.61 Å². The van der Waals surface area contributed by atoms with E-state index < -0.39 is 0 Å². The summed E-state index contributed by atoms with van der Waals surface area (Å²) in [6.07, 6.45) is 0. The van der Waals surface area contributed by atoms with Crippen LogP contribution < -0.4 is 9.47 Å². The Morgan fingerprint density at radius 1 is 1.25 bits per heavy atom. The number of rotatable bonds is 4. The van der Waals surface area contributed by atoms with Crippen molar-refractivity contribution in [1.82, 2.24) is 0 Å². The molecule has 0 heterocycles. The molecule has 1 aromatic carbocycles. The van der Waals surface area contributed by atoms with Crippen LogP contribution in [0, 0.1) is 0 Å². The molecule has 0 unspecified atom stereocenters. The number of ether oxygens (including phenoxy) is 2. The molecule has 16 heavy (non-hydrogen) atoms. The minimum Gasteiger partial charge on any atom is -0.495 e. The zero-order valence-electron chi connectivity index (χ0n) is 10.0. The highest BCUT2D eigenvalue weighted by atomic mass is 79.9. The van der Waals surface area contributed by atoms with E-state index in [1.165, 1.54) is 0 Å². The zero-order chi connectivity index (χ0) is 12.3. The van der Waals surface area contributed by atoms with Crippen molar-refractivity contribution in [2.45, 2.75) is 26.4 Å². The van der Waals surface area contributed by atoms with Crippen LogP contribution in [0.1, 0.15) is 30.9 Å². The van der Waals surface area contributed by atoms with E-state index in [0.29, 0.717) is 11.7 Å². The Hall–Kier alpha value is -0.740. The third-order valence-electron chi connectivity index (χ3n) is 2.48. The van der Waals surface area contributed by atoms with Crippen molar-refractivity contribution in [3.8, 4) is 11.5 Å². The lowest BCUT2D eigenvalue weighted by Crippen LogP contribution is -2.01. The van der Waals surface area contributed by atoms with Gasteiger partial charge in [-0.05, 0) is 33.5 Å². The maximum atomic E-state index is 9.30. The third-order valence-corrected chi connectivity index (χ3v) is 3.20. The van der Waals surface area contributed by atoms with Gasteiger partial charge in [0.1, 0.15) is 16.0 Å². The van der Waals surface area contributed by atoms with Gasteiger partial charge in [0, 0.05) is 5.56 Å². The maximum absolute atomic E-state index is 9.30. The maximum Gasteiger partial charge on any atom is 0.142 e. The Morgan fingerprint density at radius 2 is 1.81 bits per heavy atom. The third kappa shape index (κ3) is 2.33. The molecule has 0 aliphatic heterocycles. The van der Waals surface area contributed by atoms with Crippen LogP contribution in [0.25, 0.3) is 0 Å². The van der Waals surface area contributed by atoms with Crippen molar-refractivity contribution in [1.29, 1.82) is 0 Å². The number of hydrogen-bond donors (Lipinski definition) is 1. The standard InChI is InChI=1S/C12H17BrO3/c1-7(2)9-5-8(6-14)11(15-3)10(13)12(9)16-4/h5,7,14H,6H2,1-4H3. The summed E-state index contributed by atoms with van der Waals surface area (Å²) in [5, 5.41) is 9.30. The van der Waals surface area contributed by atoms with E-state index in [1.807, 2.05) is 6.07 Å². The number of aliphatic hydroxyl groups excluding tert-OH is 1. The van der Waals surface area contributed by atoms with Crippen LogP contribution in [0.15, 0.2) is 10.5 Å². The molecular weight excluding hydrogens is 272 g/mol. The van der Waals surface area contributed by atoms with Gasteiger partial charge in [-0.1, -0.05) is 13.8 Å². The number of benzene rings is 1. The molecule has 0 saturated carbocycles. The predicted molar refractivity (Wildman–Crippen MR) is 67.3 cm³/mol. The van der Waals surface area contributed by atoms with Gasteiger partial charge in [-0.15, -0.1) is 0 Å². The van der Waals surface area contributed by atoms with Gasteiger partial charge in [-0.2, -0.15) is 0 Å². The van der Waals surface area contributed by atoms with E-state index in [1.54, 1.807) is 14.2 Å². The first-order chi connectivity index (χ1) is 7.56. The summed E-state index contributed by atoms with van der Waals surface area (Å²) in [5.41, 5.74) is 1.82. The van der Waals surface area contributed by atoms with Crippen molar-refractivity contribution in [2.24, 2.45) is 0 Å². The highest BCUT2D eigenvalue weighted by Gasteiger charge is 2.18. The van der Waals surface area contributed by atoms with Gasteiger partial charge in [-0.3, -0.25) is 0 Å². The minimum atomic E-state index is -0.0501. The lowest BCUT2D eigenvalue weighted by molar-refractivity contribution is 0.272. The normalized spacial score (nSPS) is 10.7. The smallest absolute Gasteiger partial charge is 0.142 e. The average molecular weight is 289 g/mol. The van der Waals surface area contributed by atoms with Crippen LogP contribution in [0.3, 0.4) is 0 Å². The van der Waals surface area contributed by atoms with Gasteiger partial charge in [0.05, 0.1) is 20.8 Å². The Balaban J connectivity index is 3.47. The summed E-state index contributed by atoms with van der Waals surface area (Å²) < 4.78 is 11.4. The van der Waals surface area contributed by atoms with Crippen LogP contribution in [0.5, 0.6) is 11.5 Å². The predicted octanol–water partition coefficient (Wildman–Crippen LogP) is 3.08. The van der Waals surface area contributed by atoms with E-state index in [0.717, 1.165) is 21.3 Å². The van der Waals surface area contributed by atoms with Crippen LogP contribution in [0.2, 0.25) is 0 Å². The Morgan fingerprint density at radius 3 is 2.19 bits per heavy atom. The van der Waals surface area contributed by atoms with Crippen molar-refractivity contribution in [3.63, 3.8) is 0 Å². The van der Waals surface area contributed by atoms with Gasteiger partial charge in [0.25, 0.3) is 0 Å². The second-order valence-corrected chi connectivity index (χ2v) is 4.61. The van der Waals surface area contributed by atoms with Crippen LogP contribution >= 0.6 is 15.9 Å². The molecule has 0 spiro atoms. The van der Waals surface area contributed by atoms with Gasteiger partial charge < -0.3 is 14.6 Å². The van der Waals surface area contributed by atoms with E-state index in [9.17, 15) is 5.11 Å². The van der Waals surface area contributed by atoms with Crippen LogP contribution in [-0.2, 0) is 6.61 Å². The first-order valence-electron chi connectivity index (χ1n) is 5.10. The molecule has 1 aromatic rings. The fourth-order valence-electron chi connectivity index (χ4n) is 1.66. The molecule has 4 heteroatoms. The molecule has 0 fully saturated rings. The first kappa shape index (κ1) is 13.3. The van der Waals surface area contributed by atoms with Crippen molar-refractivity contribution in [3.05, 3.63) is 21.7 Å². The van der Waals surface area contributed by atoms with E-state index in [4.69, 9.17) is 9.47 Å². The summed E-state index contributed by atoms with van der Waals surface area (Å²) in [7, 11) is 3.21. The molecule has 1 N–H and O–H groups in total. The SMILES string of the molecule is COc1c(CO)cc(C(C)C)c(OC)c1Br. The van der Waals surface area contributed by atoms with Crippen LogP contribution in [-0.4, -0.2) is 19.3 Å². The quantitative estimate of drug-likeness (QED) is 0.925. The summed E-state index contributed by atoms with van der Waals surface area (Å²) in [5.74, 6) is 1.72. The van der Waals surface area contributed by atoms with Gasteiger partial charge in [0.15, 0.2) is 0 Å². The summed E-state index contributed by atoms with van der Waals surface area (Å²) in [6, 6.07) is 1.92. The second-order valence-electron chi connectivity index (χ2n) is 3.82.